The zero-order valence-electron chi connectivity index (χ0n) is 11.7. The van der Waals surface area contributed by atoms with Crippen molar-refractivity contribution in [2.45, 2.75) is 13.8 Å². The standard InChI is InChI=1S/C15H14N4O2/c1-9-8-12(19-18-9)17-14(20)13-10(2)16-15(21-13)11-6-4-3-5-7-11/h3-8H,1-2H3,(H2,17,18,19,20). The lowest BCUT2D eigenvalue weighted by Crippen LogP contribution is -2.12. The number of aromatic nitrogens is 3. The normalized spacial score (nSPS) is 10.6. The molecule has 2 aromatic heterocycles. The topological polar surface area (TPSA) is 83.8 Å². The molecule has 106 valence electrons. The van der Waals surface area contributed by atoms with Crippen LogP contribution in [0.4, 0.5) is 5.82 Å². The first-order valence-electron chi connectivity index (χ1n) is 6.49. The molecule has 0 aliphatic heterocycles. The van der Waals surface area contributed by atoms with E-state index in [-0.39, 0.29) is 11.7 Å². The molecule has 0 fully saturated rings. The predicted octanol–water partition coefficient (Wildman–Crippen LogP) is 2.93. The van der Waals surface area contributed by atoms with Gasteiger partial charge in [0.05, 0.1) is 5.69 Å². The van der Waals surface area contributed by atoms with Crippen molar-refractivity contribution < 1.29 is 9.21 Å². The van der Waals surface area contributed by atoms with Crippen LogP contribution in [0, 0.1) is 13.8 Å². The maximum Gasteiger partial charge on any atom is 0.294 e. The van der Waals surface area contributed by atoms with Gasteiger partial charge in [0.15, 0.2) is 5.82 Å². The van der Waals surface area contributed by atoms with Gasteiger partial charge in [-0.05, 0) is 26.0 Å². The smallest absolute Gasteiger partial charge is 0.294 e. The number of anilines is 1. The number of hydrogen-bond acceptors (Lipinski definition) is 4. The molecule has 0 saturated heterocycles. The van der Waals surface area contributed by atoms with Gasteiger partial charge in [0.2, 0.25) is 11.7 Å². The Hall–Kier alpha value is -2.89. The summed E-state index contributed by atoms with van der Waals surface area (Å²) in [6.07, 6.45) is 0. The lowest BCUT2D eigenvalue weighted by atomic mass is 10.2. The number of oxazole rings is 1. The van der Waals surface area contributed by atoms with Crippen LogP contribution in [0.2, 0.25) is 0 Å². The summed E-state index contributed by atoms with van der Waals surface area (Å²) in [5, 5.41) is 9.39. The second-order valence-electron chi connectivity index (χ2n) is 4.69. The molecule has 6 nitrogen and oxygen atoms in total. The Kier molecular flexibility index (Phi) is 3.27. The summed E-state index contributed by atoms with van der Waals surface area (Å²) < 4.78 is 5.58. The van der Waals surface area contributed by atoms with E-state index in [9.17, 15) is 4.79 Å². The van der Waals surface area contributed by atoms with Gasteiger partial charge in [0.1, 0.15) is 0 Å². The van der Waals surface area contributed by atoms with E-state index in [4.69, 9.17) is 4.42 Å². The Morgan fingerprint density at radius 3 is 2.67 bits per heavy atom. The van der Waals surface area contributed by atoms with E-state index in [0.717, 1.165) is 11.3 Å². The van der Waals surface area contributed by atoms with Crippen LogP contribution in [0.3, 0.4) is 0 Å². The third-order valence-corrected chi connectivity index (χ3v) is 2.97. The lowest BCUT2D eigenvalue weighted by molar-refractivity contribution is 0.0996. The van der Waals surface area contributed by atoms with Gasteiger partial charge < -0.3 is 9.73 Å². The molecule has 1 amide bonds. The van der Waals surface area contributed by atoms with E-state index in [2.05, 4.69) is 20.5 Å². The number of aryl methyl sites for hydroxylation is 2. The van der Waals surface area contributed by atoms with Crippen LogP contribution in [0.1, 0.15) is 21.9 Å². The van der Waals surface area contributed by atoms with Gasteiger partial charge in [0, 0.05) is 17.3 Å². The summed E-state index contributed by atoms with van der Waals surface area (Å²) in [5.74, 6) is 0.703. The summed E-state index contributed by atoms with van der Waals surface area (Å²) in [6, 6.07) is 11.2. The molecule has 6 heteroatoms. The lowest BCUT2D eigenvalue weighted by Gasteiger charge is -1.98. The van der Waals surface area contributed by atoms with Crippen molar-refractivity contribution in [2.24, 2.45) is 0 Å². The SMILES string of the molecule is Cc1cc(NC(=O)c2oc(-c3ccccc3)nc2C)n[nH]1. The highest BCUT2D eigenvalue weighted by Crippen LogP contribution is 2.22. The quantitative estimate of drug-likeness (QED) is 0.773. The van der Waals surface area contributed by atoms with Gasteiger partial charge in [-0.3, -0.25) is 9.89 Å². The maximum absolute atomic E-state index is 12.2. The number of H-pyrrole nitrogens is 1. The van der Waals surface area contributed by atoms with Crippen LogP contribution in [-0.4, -0.2) is 21.1 Å². The molecule has 3 rings (SSSR count). The molecule has 0 spiro atoms. The van der Waals surface area contributed by atoms with Crippen LogP contribution in [0.25, 0.3) is 11.5 Å². The van der Waals surface area contributed by atoms with Gasteiger partial charge >= 0.3 is 0 Å². The number of amides is 1. The molecule has 0 bridgehead atoms. The molecule has 21 heavy (non-hydrogen) atoms. The average molecular weight is 282 g/mol. The fourth-order valence-corrected chi connectivity index (χ4v) is 1.97. The van der Waals surface area contributed by atoms with Crippen LogP contribution < -0.4 is 5.32 Å². The Labute approximate surface area is 121 Å². The number of hydrogen-bond donors (Lipinski definition) is 2. The summed E-state index contributed by atoms with van der Waals surface area (Å²) in [5.41, 5.74) is 2.23. The third-order valence-electron chi connectivity index (χ3n) is 2.97. The minimum Gasteiger partial charge on any atom is -0.431 e. The number of nitrogens with zero attached hydrogens (tertiary/aromatic N) is 2. The van der Waals surface area contributed by atoms with Gasteiger partial charge in [-0.25, -0.2) is 4.98 Å². The number of benzene rings is 1. The Balaban J connectivity index is 1.86. The zero-order valence-corrected chi connectivity index (χ0v) is 11.7. The molecule has 2 heterocycles. The van der Waals surface area contributed by atoms with E-state index >= 15 is 0 Å². The van der Waals surface area contributed by atoms with Crippen molar-refractivity contribution in [3.05, 3.63) is 53.5 Å². The third kappa shape index (κ3) is 2.69. The summed E-state index contributed by atoms with van der Waals surface area (Å²) in [6.45, 7) is 3.59. The highest BCUT2D eigenvalue weighted by Gasteiger charge is 2.19. The highest BCUT2D eigenvalue weighted by molar-refractivity contribution is 6.02. The summed E-state index contributed by atoms with van der Waals surface area (Å²) >= 11 is 0. The largest absolute Gasteiger partial charge is 0.431 e. The number of nitrogens with one attached hydrogen (secondary N) is 2. The Bertz CT molecular complexity index is 774. The maximum atomic E-state index is 12.2. The molecule has 1 aromatic carbocycles. The predicted molar refractivity (Wildman–Crippen MR) is 78.0 cm³/mol. The van der Waals surface area contributed by atoms with Crippen LogP contribution in [-0.2, 0) is 0 Å². The molecule has 0 atom stereocenters. The van der Waals surface area contributed by atoms with Crippen molar-refractivity contribution >= 4 is 11.7 Å². The molecular formula is C15H14N4O2. The van der Waals surface area contributed by atoms with E-state index in [1.54, 1.807) is 13.0 Å². The number of carbonyl (C=O) groups excluding carboxylic acids is 1. The molecule has 0 radical (unpaired) electrons. The second kappa shape index (κ2) is 5.24. The van der Waals surface area contributed by atoms with Crippen molar-refractivity contribution in [3.8, 4) is 11.5 Å². The number of rotatable bonds is 3. The Morgan fingerprint density at radius 2 is 2.00 bits per heavy atom. The Morgan fingerprint density at radius 1 is 1.24 bits per heavy atom. The molecule has 0 saturated carbocycles. The van der Waals surface area contributed by atoms with E-state index in [0.29, 0.717) is 17.4 Å². The summed E-state index contributed by atoms with van der Waals surface area (Å²) in [7, 11) is 0. The minimum absolute atomic E-state index is 0.189. The van der Waals surface area contributed by atoms with E-state index in [1.165, 1.54) is 0 Å². The van der Waals surface area contributed by atoms with Gasteiger partial charge in [0.25, 0.3) is 5.91 Å². The minimum atomic E-state index is -0.367. The van der Waals surface area contributed by atoms with E-state index in [1.807, 2.05) is 37.3 Å². The van der Waals surface area contributed by atoms with Crippen molar-refractivity contribution in [1.82, 2.24) is 15.2 Å². The van der Waals surface area contributed by atoms with Crippen LogP contribution >= 0.6 is 0 Å². The number of carbonyl (C=O) groups is 1. The fraction of sp³-hybridized carbons (Fsp3) is 0.133. The first-order valence-corrected chi connectivity index (χ1v) is 6.49. The van der Waals surface area contributed by atoms with Crippen LogP contribution in [0.5, 0.6) is 0 Å². The molecule has 0 aliphatic carbocycles. The highest BCUT2D eigenvalue weighted by atomic mass is 16.4. The van der Waals surface area contributed by atoms with Gasteiger partial charge in [-0.2, -0.15) is 5.10 Å². The zero-order chi connectivity index (χ0) is 14.8. The molecule has 0 aliphatic rings. The average Bonchev–Trinajstić information content (AvgIpc) is 3.06. The first kappa shape index (κ1) is 13.1. The van der Waals surface area contributed by atoms with Gasteiger partial charge in [-0.1, -0.05) is 18.2 Å². The van der Waals surface area contributed by atoms with E-state index < -0.39 is 0 Å². The van der Waals surface area contributed by atoms with Crippen LogP contribution in [0.15, 0.2) is 40.8 Å². The second-order valence-corrected chi connectivity index (χ2v) is 4.69. The molecule has 2 N–H and O–H groups in total. The van der Waals surface area contributed by atoms with Gasteiger partial charge in [-0.15, -0.1) is 0 Å². The monoisotopic (exact) mass is 282 g/mol. The van der Waals surface area contributed by atoms with Crippen molar-refractivity contribution in [2.75, 3.05) is 5.32 Å². The van der Waals surface area contributed by atoms with Crippen molar-refractivity contribution in [1.29, 1.82) is 0 Å². The molecular weight excluding hydrogens is 268 g/mol. The molecule has 0 unspecified atom stereocenters. The summed E-state index contributed by atoms with van der Waals surface area (Å²) in [4.78, 5) is 16.5. The molecule has 3 aromatic rings. The van der Waals surface area contributed by atoms with Crippen molar-refractivity contribution in [3.63, 3.8) is 0 Å². The number of aromatic amines is 1. The fourth-order valence-electron chi connectivity index (χ4n) is 1.97. The first-order chi connectivity index (χ1) is 10.1.